The Morgan fingerprint density at radius 2 is 1.88 bits per heavy atom. The Balaban J connectivity index is 0.00000144. The van der Waals surface area contributed by atoms with E-state index in [2.05, 4.69) is 4.99 Å². The molecule has 4 nitrogen and oxygen atoms in total. The van der Waals surface area contributed by atoms with E-state index in [0.717, 1.165) is 5.71 Å². The van der Waals surface area contributed by atoms with Gasteiger partial charge in [0.2, 0.25) is 0 Å². The van der Waals surface area contributed by atoms with Crippen LogP contribution in [0.15, 0.2) is 28.1 Å². The third-order valence-corrected chi connectivity index (χ3v) is 3.97. The van der Waals surface area contributed by atoms with E-state index in [1.54, 1.807) is 12.1 Å². The Bertz CT molecular complexity index is 591. The van der Waals surface area contributed by atoms with E-state index in [4.69, 9.17) is 0 Å². The van der Waals surface area contributed by atoms with E-state index in [0.29, 0.717) is 11.3 Å². The first-order valence-corrected chi connectivity index (χ1v) is 6.30. The molecule has 0 spiro atoms. The fraction of sp³-hybridized carbons (Fsp3) is 0.364. The Hall–Kier alpha value is 0.436. The molecule has 0 fully saturated rings. The maximum Gasteiger partial charge on any atom is 1.00 e. The summed E-state index contributed by atoms with van der Waals surface area (Å²) in [5.74, 6) is 0. The van der Waals surface area contributed by atoms with Gasteiger partial charge in [0.05, 0.1) is 10.6 Å². The Labute approximate surface area is 144 Å². The number of hydrogen-bond acceptors (Lipinski definition) is 4. The van der Waals surface area contributed by atoms with Crippen molar-refractivity contribution in [2.24, 2.45) is 4.99 Å². The van der Waals surface area contributed by atoms with Crippen molar-refractivity contribution in [3.8, 4) is 0 Å². The molecule has 0 atom stereocenters. The van der Waals surface area contributed by atoms with Crippen molar-refractivity contribution in [2.75, 3.05) is 0 Å². The summed E-state index contributed by atoms with van der Waals surface area (Å²) in [6.07, 6.45) is 0. The summed E-state index contributed by atoms with van der Waals surface area (Å²) in [6.45, 7) is 5.57. The van der Waals surface area contributed by atoms with Crippen LogP contribution < -0.4 is 51.4 Å². The number of hydrogen-bond donors (Lipinski definition) is 0. The summed E-state index contributed by atoms with van der Waals surface area (Å²) >= 11 is 0. The van der Waals surface area contributed by atoms with E-state index >= 15 is 0 Å². The zero-order chi connectivity index (χ0) is 12.1. The van der Waals surface area contributed by atoms with Crippen molar-refractivity contribution in [1.29, 1.82) is 0 Å². The second kappa shape index (κ2) is 4.84. The molecule has 86 valence electrons. The minimum absolute atomic E-state index is 0. The summed E-state index contributed by atoms with van der Waals surface area (Å²) in [5.41, 5.74) is 1.42. The van der Waals surface area contributed by atoms with Crippen LogP contribution in [0.2, 0.25) is 0 Å². The zero-order valence-corrected chi connectivity index (χ0v) is 14.3. The fourth-order valence-electron chi connectivity index (χ4n) is 1.95. The van der Waals surface area contributed by atoms with Crippen LogP contribution in [0, 0.1) is 0 Å². The van der Waals surface area contributed by atoms with Gasteiger partial charge in [-0.3, -0.25) is 4.99 Å². The molecule has 17 heavy (non-hydrogen) atoms. The molecule has 0 N–H and O–H groups in total. The molecule has 0 aliphatic carbocycles. The average molecular weight is 277 g/mol. The predicted octanol–water partition coefficient (Wildman–Crippen LogP) is -1.02. The zero-order valence-electron chi connectivity index (χ0n) is 10.3. The topological polar surface area (TPSA) is 69.6 Å². The molecule has 0 saturated carbocycles. The third-order valence-electron chi connectivity index (χ3n) is 3.09. The van der Waals surface area contributed by atoms with E-state index in [1.807, 2.05) is 20.8 Å². The molecular weight excluding hydrogens is 265 g/mol. The molecule has 1 heterocycles. The quantitative estimate of drug-likeness (QED) is 0.487. The van der Waals surface area contributed by atoms with Gasteiger partial charge in [-0.05, 0) is 19.1 Å². The summed E-state index contributed by atoms with van der Waals surface area (Å²) in [6, 6.07) is 4.61. The molecule has 1 aliphatic heterocycles. The van der Waals surface area contributed by atoms with Crippen LogP contribution in [0.1, 0.15) is 26.3 Å². The van der Waals surface area contributed by atoms with Gasteiger partial charge in [0.15, 0.2) is 0 Å². The molecule has 1 aromatic rings. The van der Waals surface area contributed by atoms with Crippen molar-refractivity contribution >= 4 is 21.5 Å². The molecule has 6 heteroatoms. The molecule has 0 amide bonds. The molecule has 1 aromatic carbocycles. The SMILES string of the molecule is CC1=Nc2cccc(S(=O)(=O)[O-])c2C1(C)C.[K+]. The standard InChI is InChI=1S/C11H13NO3S.K/c1-7-11(2,3)10-8(12-7)5-4-6-9(10)16(13,14)15;/h4-6H,1-3H3,(H,13,14,15);/q;+1/p-1. The van der Waals surface area contributed by atoms with Crippen molar-refractivity contribution in [3.05, 3.63) is 23.8 Å². The largest absolute Gasteiger partial charge is 1.00 e. The first kappa shape index (κ1) is 15.5. The Morgan fingerprint density at radius 1 is 1.29 bits per heavy atom. The van der Waals surface area contributed by atoms with Gasteiger partial charge in [-0.15, -0.1) is 0 Å². The summed E-state index contributed by atoms with van der Waals surface area (Å²) < 4.78 is 33.5. The van der Waals surface area contributed by atoms with E-state index in [1.165, 1.54) is 6.07 Å². The van der Waals surface area contributed by atoms with E-state index < -0.39 is 15.5 Å². The van der Waals surface area contributed by atoms with Gasteiger partial charge < -0.3 is 4.55 Å². The molecule has 0 unspecified atom stereocenters. The summed E-state index contributed by atoms with van der Waals surface area (Å²) in [7, 11) is -4.45. The van der Waals surface area contributed by atoms with Crippen LogP contribution in [0.4, 0.5) is 5.69 Å². The van der Waals surface area contributed by atoms with Crippen LogP contribution >= 0.6 is 0 Å². The molecule has 0 radical (unpaired) electrons. The van der Waals surface area contributed by atoms with Gasteiger partial charge in [-0.25, -0.2) is 8.42 Å². The van der Waals surface area contributed by atoms with Crippen molar-refractivity contribution in [3.63, 3.8) is 0 Å². The molecular formula is C11H12KNO3S. The van der Waals surface area contributed by atoms with E-state index in [-0.39, 0.29) is 56.3 Å². The number of fused-ring (bicyclic) bond motifs is 1. The smallest absolute Gasteiger partial charge is 0.744 e. The van der Waals surface area contributed by atoms with Crippen LogP contribution in [-0.2, 0) is 15.5 Å². The summed E-state index contributed by atoms with van der Waals surface area (Å²) in [5, 5.41) is 0. The maximum absolute atomic E-state index is 11.2. The van der Waals surface area contributed by atoms with Gasteiger partial charge in [0, 0.05) is 16.7 Å². The second-order valence-electron chi connectivity index (χ2n) is 4.43. The number of nitrogens with zero attached hydrogens (tertiary/aromatic N) is 1. The second-order valence-corrected chi connectivity index (χ2v) is 5.77. The van der Waals surface area contributed by atoms with Crippen LogP contribution in [0.5, 0.6) is 0 Å². The van der Waals surface area contributed by atoms with Crippen molar-refractivity contribution < 1.29 is 64.4 Å². The molecule has 0 saturated heterocycles. The summed E-state index contributed by atoms with van der Waals surface area (Å²) in [4.78, 5) is 4.14. The number of aliphatic imine (C=N–C) groups is 1. The van der Waals surface area contributed by atoms with Crippen molar-refractivity contribution in [1.82, 2.24) is 0 Å². The first-order chi connectivity index (χ1) is 7.24. The van der Waals surface area contributed by atoms with Gasteiger partial charge in [0.1, 0.15) is 10.1 Å². The van der Waals surface area contributed by atoms with E-state index in [9.17, 15) is 13.0 Å². The Kier molecular flexibility index (Phi) is 4.41. The number of rotatable bonds is 1. The average Bonchev–Trinajstić information content (AvgIpc) is 2.37. The molecule has 0 aromatic heterocycles. The van der Waals surface area contributed by atoms with Gasteiger partial charge >= 0.3 is 51.4 Å². The van der Waals surface area contributed by atoms with Crippen LogP contribution in [-0.4, -0.2) is 18.7 Å². The van der Waals surface area contributed by atoms with Crippen LogP contribution in [0.25, 0.3) is 0 Å². The van der Waals surface area contributed by atoms with Gasteiger partial charge in [0.25, 0.3) is 0 Å². The molecule has 1 aliphatic rings. The minimum Gasteiger partial charge on any atom is -0.744 e. The normalized spacial score (nSPS) is 17.1. The molecule has 0 bridgehead atoms. The minimum atomic E-state index is -4.45. The first-order valence-electron chi connectivity index (χ1n) is 4.90. The molecule has 2 rings (SSSR count). The predicted molar refractivity (Wildman–Crippen MR) is 60.2 cm³/mol. The fourth-order valence-corrected chi connectivity index (χ4v) is 2.81. The third kappa shape index (κ3) is 2.58. The maximum atomic E-state index is 11.2. The van der Waals surface area contributed by atoms with Crippen molar-refractivity contribution in [2.45, 2.75) is 31.1 Å². The Morgan fingerprint density at radius 3 is 2.41 bits per heavy atom. The number of benzene rings is 1. The van der Waals surface area contributed by atoms with Gasteiger partial charge in [-0.2, -0.15) is 0 Å². The van der Waals surface area contributed by atoms with Crippen LogP contribution in [0.3, 0.4) is 0 Å². The van der Waals surface area contributed by atoms with Gasteiger partial charge in [-0.1, -0.05) is 19.9 Å². The monoisotopic (exact) mass is 277 g/mol.